The van der Waals surface area contributed by atoms with Gasteiger partial charge in [-0.1, -0.05) is 20.1 Å². The Morgan fingerprint density at radius 2 is 1.09 bits per heavy atom. The van der Waals surface area contributed by atoms with Crippen LogP contribution in [0.1, 0.15) is 101 Å². The lowest BCUT2D eigenvalue weighted by Crippen LogP contribution is -2.44. The van der Waals surface area contributed by atoms with Crippen LogP contribution in [0.15, 0.2) is 86.2 Å². The minimum atomic E-state index is -1.02. The lowest BCUT2D eigenvalue weighted by molar-refractivity contribution is 0.0163. The molecule has 0 radical (unpaired) electrons. The molecule has 2 saturated heterocycles. The smallest absolute Gasteiger partial charge is 0.410 e. The van der Waals surface area contributed by atoms with Gasteiger partial charge >= 0.3 is 18.2 Å². The van der Waals surface area contributed by atoms with Gasteiger partial charge in [0.2, 0.25) is 0 Å². The molecular weight excluding hydrogens is 1010 g/mol. The van der Waals surface area contributed by atoms with Crippen molar-refractivity contribution in [2.45, 2.75) is 91.8 Å². The highest BCUT2D eigenvalue weighted by atomic mass is 16.6. The fourth-order valence-corrected chi connectivity index (χ4v) is 8.53. The largest absolute Gasteiger partial charge is 0.478 e. The molecule has 414 valence electrons. The molecule has 79 heavy (non-hydrogen) atoms. The topological polar surface area (TPSA) is 270 Å². The molecule has 6 aromatic heterocycles. The van der Waals surface area contributed by atoms with Gasteiger partial charge in [-0.05, 0) is 97.6 Å². The summed E-state index contributed by atoms with van der Waals surface area (Å²) in [5.41, 5.74) is 2.56. The van der Waals surface area contributed by atoms with E-state index in [1.54, 1.807) is 51.3 Å². The van der Waals surface area contributed by atoms with Crippen LogP contribution in [0.2, 0.25) is 0 Å². The van der Waals surface area contributed by atoms with Crippen molar-refractivity contribution in [3.8, 4) is 11.4 Å². The molecule has 2 unspecified atom stereocenters. The molecule has 0 bridgehead atoms. The van der Waals surface area contributed by atoms with Crippen LogP contribution >= 0.6 is 0 Å². The molecule has 3 amide bonds. The molecule has 8 heterocycles. The second-order valence-electron chi connectivity index (χ2n) is 21.0. The summed E-state index contributed by atoms with van der Waals surface area (Å²) < 4.78 is 14.7. The van der Waals surface area contributed by atoms with Crippen molar-refractivity contribution >= 4 is 70.3 Å². The number of carboxylic acids is 1. The van der Waals surface area contributed by atoms with Gasteiger partial charge in [0.25, 0.3) is 17.5 Å². The minimum absolute atomic E-state index is 0.128. The predicted molar refractivity (Wildman–Crippen MR) is 298 cm³/mol. The van der Waals surface area contributed by atoms with E-state index in [0.717, 1.165) is 49.2 Å². The number of aromatic nitrogens is 8. The van der Waals surface area contributed by atoms with Crippen molar-refractivity contribution in [3.63, 3.8) is 0 Å². The van der Waals surface area contributed by atoms with Crippen molar-refractivity contribution in [2.75, 3.05) is 67.1 Å². The Morgan fingerprint density at radius 1 is 0.646 bits per heavy atom. The van der Waals surface area contributed by atoms with E-state index in [2.05, 4.69) is 66.2 Å². The lowest BCUT2D eigenvalue weighted by atomic mass is 9.98. The summed E-state index contributed by atoms with van der Waals surface area (Å²) in [5, 5.41) is 25.5. The van der Waals surface area contributed by atoms with Gasteiger partial charge in [0.05, 0.1) is 58.7 Å². The van der Waals surface area contributed by atoms with Gasteiger partial charge in [0, 0.05) is 82.7 Å². The summed E-state index contributed by atoms with van der Waals surface area (Å²) in [7, 11) is 0. The third-order valence-electron chi connectivity index (χ3n) is 12.3. The number of likely N-dealkylation sites (tertiary alicyclic amines) is 2. The molecule has 0 saturated carbocycles. The standard InChI is InChI=1S/C29H37N9O3.C26H30N8O4/c1-6-10-31-27(39)21-9-12-37(19-21)23-15-33-24(36-26-17-34-25(30-5)16-35-26)13-22(23)32-14-20-8-7-11-38(18-20)28(40)41-29(2,3)4;1-26(2,3)38-25(37)34-8-5-6-17(15-34)11-28-19-10-21(32-23-14-30-22(27-4)13-31-23)29-12-20(19)33-9-7-18(16-33)24(35)36/h9,12-13,15-17,19-20H,6-8,10-11,14,18H2,1-4H3,(H,31,39)(H2,32,33,35,36);7,9-10,12-14,16-17H,5-6,8,11,15H2,1-3H3,(H,35,36)(H2,28,29,31,32). The van der Waals surface area contributed by atoms with Crippen LogP contribution in [0.4, 0.5) is 55.9 Å². The number of carboxylic acid groups (broad SMARTS) is 1. The second kappa shape index (κ2) is 26.2. The second-order valence-corrected chi connectivity index (χ2v) is 21.0. The fraction of sp³-hybridized carbons (Fsp3) is 0.418. The highest BCUT2D eigenvalue weighted by Crippen LogP contribution is 2.30. The third-order valence-corrected chi connectivity index (χ3v) is 12.3. The zero-order valence-electron chi connectivity index (χ0n) is 45.5. The van der Waals surface area contributed by atoms with Gasteiger partial charge in [0.15, 0.2) is 24.0 Å². The fourth-order valence-electron chi connectivity index (χ4n) is 8.53. The number of amides is 3. The molecule has 0 aromatic carbocycles. The van der Waals surface area contributed by atoms with E-state index in [9.17, 15) is 24.3 Å². The van der Waals surface area contributed by atoms with Gasteiger partial charge in [0.1, 0.15) is 22.8 Å². The Labute approximate surface area is 459 Å². The van der Waals surface area contributed by atoms with E-state index >= 15 is 0 Å². The maximum atomic E-state index is 12.7. The number of carbonyl (C=O) groups is 4. The number of aromatic carboxylic acids is 1. The molecule has 2 aliphatic rings. The molecule has 2 atom stereocenters. The number of pyridine rings is 2. The number of ether oxygens (including phenoxy) is 2. The average Bonchev–Trinajstić information content (AvgIpc) is 4.15. The first kappa shape index (κ1) is 57.4. The molecule has 8 rings (SSSR count). The summed E-state index contributed by atoms with van der Waals surface area (Å²) in [6, 6.07) is 6.96. The number of hydrogen-bond donors (Lipinski definition) is 6. The van der Waals surface area contributed by atoms with Crippen LogP contribution in [0, 0.1) is 25.0 Å². The van der Waals surface area contributed by atoms with Gasteiger partial charge < -0.3 is 69.8 Å². The number of carbonyl (C=O) groups excluding carboxylic acids is 3. The molecule has 2 fully saturated rings. The van der Waals surface area contributed by atoms with Crippen molar-refractivity contribution in [1.29, 1.82) is 0 Å². The third kappa shape index (κ3) is 16.8. The van der Waals surface area contributed by atoms with Gasteiger partial charge in [-0.15, -0.1) is 9.97 Å². The van der Waals surface area contributed by atoms with E-state index in [1.165, 1.54) is 37.1 Å². The monoisotopic (exact) mass is 1080 g/mol. The Morgan fingerprint density at radius 3 is 1.48 bits per heavy atom. The van der Waals surface area contributed by atoms with E-state index in [4.69, 9.17) is 22.6 Å². The minimum Gasteiger partial charge on any atom is -0.478 e. The zero-order chi connectivity index (χ0) is 56.7. The van der Waals surface area contributed by atoms with Gasteiger partial charge in [-0.25, -0.2) is 34.3 Å². The Kier molecular flexibility index (Phi) is 19.0. The number of piperidine rings is 2. The molecule has 6 N–H and O–H groups in total. The predicted octanol–water partition coefficient (Wildman–Crippen LogP) is 9.87. The van der Waals surface area contributed by atoms with Crippen molar-refractivity contribution in [2.24, 2.45) is 11.8 Å². The van der Waals surface area contributed by atoms with E-state index < -0.39 is 17.2 Å². The summed E-state index contributed by atoms with van der Waals surface area (Å²) in [4.78, 5) is 84.7. The molecule has 24 nitrogen and oxygen atoms in total. The Balaban J connectivity index is 0.000000229. The summed E-state index contributed by atoms with van der Waals surface area (Å²) in [5.74, 6) is 1.58. The highest BCUT2D eigenvalue weighted by Gasteiger charge is 2.30. The van der Waals surface area contributed by atoms with Crippen molar-refractivity contribution < 1.29 is 33.8 Å². The van der Waals surface area contributed by atoms with Gasteiger partial charge in [-0.2, -0.15) is 0 Å². The van der Waals surface area contributed by atoms with Crippen molar-refractivity contribution in [3.05, 3.63) is 120 Å². The Bertz CT molecular complexity index is 3150. The molecule has 6 aromatic rings. The molecular formula is C55H67N17O7. The highest BCUT2D eigenvalue weighted by molar-refractivity contribution is 5.94. The molecule has 24 heteroatoms. The Hall–Kier alpha value is -9.32. The number of rotatable bonds is 16. The van der Waals surface area contributed by atoms with Crippen LogP contribution in [-0.4, -0.2) is 135 Å². The molecule has 0 aliphatic carbocycles. The quantitative estimate of drug-likeness (QED) is 0.0492. The average molecular weight is 1080 g/mol. The number of nitrogens with zero attached hydrogens (tertiary/aromatic N) is 12. The lowest BCUT2D eigenvalue weighted by Gasteiger charge is -2.34. The van der Waals surface area contributed by atoms with Crippen LogP contribution in [0.5, 0.6) is 0 Å². The van der Waals surface area contributed by atoms with E-state index in [0.29, 0.717) is 80.3 Å². The van der Waals surface area contributed by atoms with Crippen LogP contribution < -0.4 is 26.6 Å². The van der Waals surface area contributed by atoms with Gasteiger partial charge in [-0.3, -0.25) is 4.79 Å². The first-order valence-corrected chi connectivity index (χ1v) is 26.0. The zero-order valence-corrected chi connectivity index (χ0v) is 45.5. The normalized spacial score (nSPS) is 15.3. The van der Waals surface area contributed by atoms with Crippen LogP contribution in [-0.2, 0) is 9.47 Å². The number of hydrogen-bond acceptors (Lipinski definition) is 16. The molecule has 0 spiro atoms. The van der Waals surface area contributed by atoms with Crippen LogP contribution in [0.25, 0.3) is 21.1 Å². The van der Waals surface area contributed by atoms with Crippen molar-refractivity contribution in [1.82, 2.24) is 54.2 Å². The van der Waals surface area contributed by atoms with E-state index in [-0.39, 0.29) is 47.1 Å². The summed E-state index contributed by atoms with van der Waals surface area (Å²) in [6.07, 6.45) is 19.8. The SMILES string of the molecule is [C-]#[N+]c1cnc(Nc2cc(NCC3CCCN(C(=O)OC(C)(C)C)C3)c(-n3ccc(C(=O)NCCC)c3)cn2)cn1.[C-]#[N+]c1cnc(Nc2cc(NCC3CCCN(C(=O)OC(C)(C)C)C3)c(-n3ccc(C(=O)O)c3)cn2)cn1. The number of nitrogens with one attached hydrogen (secondary N) is 5. The first-order valence-electron chi connectivity index (χ1n) is 26.0. The van der Waals surface area contributed by atoms with Crippen LogP contribution in [0.3, 0.4) is 0 Å². The van der Waals surface area contributed by atoms with E-state index in [1.807, 2.05) is 65.3 Å². The molecule has 2 aliphatic heterocycles. The first-order chi connectivity index (χ1) is 37.8. The number of anilines is 6. The summed E-state index contributed by atoms with van der Waals surface area (Å²) >= 11 is 0. The summed E-state index contributed by atoms with van der Waals surface area (Å²) in [6.45, 7) is 31.6. The maximum Gasteiger partial charge on any atom is 0.410 e. The maximum absolute atomic E-state index is 12.7.